The minimum Gasteiger partial charge on any atom is -0.451 e. The van der Waals surface area contributed by atoms with Gasteiger partial charge in [-0.15, -0.1) is 0 Å². The number of benzene rings is 2. The summed E-state index contributed by atoms with van der Waals surface area (Å²) >= 11 is 12.1. The SMILES string of the molecule is Cc1ccc(NC(=O)c2ccc(-c3cc(Cl)ccc3Cl)o2)cc1. The Labute approximate surface area is 143 Å². The Bertz CT molecular complexity index is 854. The van der Waals surface area contributed by atoms with Gasteiger partial charge in [-0.25, -0.2) is 0 Å². The Hall–Kier alpha value is -2.23. The highest BCUT2D eigenvalue weighted by molar-refractivity contribution is 6.35. The Balaban J connectivity index is 1.82. The molecule has 0 aliphatic heterocycles. The van der Waals surface area contributed by atoms with Crippen molar-refractivity contribution in [1.82, 2.24) is 0 Å². The maximum absolute atomic E-state index is 12.2. The summed E-state index contributed by atoms with van der Waals surface area (Å²) in [5.74, 6) is 0.376. The van der Waals surface area contributed by atoms with Crippen molar-refractivity contribution in [3.8, 4) is 11.3 Å². The number of rotatable bonds is 3. The van der Waals surface area contributed by atoms with E-state index in [4.69, 9.17) is 27.6 Å². The van der Waals surface area contributed by atoms with Crippen LogP contribution in [0.15, 0.2) is 59.0 Å². The summed E-state index contributed by atoms with van der Waals surface area (Å²) in [4.78, 5) is 12.2. The number of aryl methyl sites for hydroxylation is 1. The van der Waals surface area contributed by atoms with Crippen molar-refractivity contribution in [2.75, 3.05) is 5.32 Å². The van der Waals surface area contributed by atoms with Gasteiger partial charge in [0.25, 0.3) is 5.91 Å². The molecule has 0 bridgehead atoms. The predicted molar refractivity (Wildman–Crippen MR) is 93.3 cm³/mol. The second kappa shape index (κ2) is 6.49. The van der Waals surface area contributed by atoms with Gasteiger partial charge >= 0.3 is 0 Å². The molecule has 1 heterocycles. The fourth-order valence-corrected chi connectivity index (χ4v) is 2.50. The van der Waals surface area contributed by atoms with E-state index in [0.29, 0.717) is 27.1 Å². The molecule has 5 heteroatoms. The van der Waals surface area contributed by atoms with E-state index in [0.717, 1.165) is 5.56 Å². The molecular weight excluding hydrogens is 333 g/mol. The number of anilines is 1. The van der Waals surface area contributed by atoms with E-state index in [1.165, 1.54) is 0 Å². The van der Waals surface area contributed by atoms with Crippen LogP contribution in [0, 0.1) is 6.92 Å². The van der Waals surface area contributed by atoms with Gasteiger partial charge in [-0.2, -0.15) is 0 Å². The van der Waals surface area contributed by atoms with Crippen LogP contribution < -0.4 is 5.32 Å². The molecule has 2 aromatic carbocycles. The molecule has 0 aliphatic carbocycles. The summed E-state index contributed by atoms with van der Waals surface area (Å²) in [6, 6.07) is 15.9. The molecule has 23 heavy (non-hydrogen) atoms. The number of hydrogen-bond acceptors (Lipinski definition) is 2. The predicted octanol–water partition coefficient (Wildman–Crippen LogP) is 5.81. The molecule has 3 aromatic rings. The van der Waals surface area contributed by atoms with Crippen molar-refractivity contribution in [2.45, 2.75) is 6.92 Å². The van der Waals surface area contributed by atoms with E-state index in [9.17, 15) is 4.79 Å². The average Bonchev–Trinajstić information content (AvgIpc) is 3.02. The molecule has 1 aromatic heterocycles. The van der Waals surface area contributed by atoms with Gasteiger partial charge < -0.3 is 9.73 Å². The Kier molecular flexibility index (Phi) is 4.42. The number of halogens is 2. The van der Waals surface area contributed by atoms with E-state index in [1.807, 2.05) is 31.2 Å². The lowest BCUT2D eigenvalue weighted by atomic mass is 10.2. The summed E-state index contributed by atoms with van der Waals surface area (Å²) in [5.41, 5.74) is 2.48. The van der Waals surface area contributed by atoms with E-state index >= 15 is 0 Å². The molecule has 0 aliphatic rings. The lowest BCUT2D eigenvalue weighted by Crippen LogP contribution is -2.10. The van der Waals surface area contributed by atoms with E-state index < -0.39 is 0 Å². The number of hydrogen-bond donors (Lipinski definition) is 1. The summed E-state index contributed by atoms with van der Waals surface area (Å²) in [5, 5.41) is 3.84. The molecule has 1 N–H and O–H groups in total. The fourth-order valence-electron chi connectivity index (χ4n) is 2.12. The minimum absolute atomic E-state index is 0.205. The van der Waals surface area contributed by atoms with Crippen LogP contribution in [0.25, 0.3) is 11.3 Å². The smallest absolute Gasteiger partial charge is 0.291 e. The van der Waals surface area contributed by atoms with Crippen LogP contribution in [0.3, 0.4) is 0 Å². The number of carbonyl (C=O) groups excluding carboxylic acids is 1. The van der Waals surface area contributed by atoms with Crippen molar-refractivity contribution in [3.63, 3.8) is 0 Å². The molecule has 3 rings (SSSR count). The van der Waals surface area contributed by atoms with Crippen molar-refractivity contribution >= 4 is 34.8 Å². The van der Waals surface area contributed by atoms with Crippen LogP contribution >= 0.6 is 23.2 Å². The first-order valence-corrected chi connectivity index (χ1v) is 7.72. The Morgan fingerprint density at radius 1 is 1.00 bits per heavy atom. The maximum atomic E-state index is 12.2. The molecule has 3 nitrogen and oxygen atoms in total. The van der Waals surface area contributed by atoms with Gasteiger partial charge in [-0.1, -0.05) is 40.9 Å². The largest absolute Gasteiger partial charge is 0.451 e. The Morgan fingerprint density at radius 2 is 1.74 bits per heavy atom. The molecule has 0 radical (unpaired) electrons. The van der Waals surface area contributed by atoms with Crippen molar-refractivity contribution in [2.24, 2.45) is 0 Å². The van der Waals surface area contributed by atoms with Crippen LogP contribution in [0.2, 0.25) is 10.0 Å². The number of amides is 1. The summed E-state index contributed by atoms with van der Waals surface area (Å²) in [7, 11) is 0. The average molecular weight is 346 g/mol. The third-order valence-electron chi connectivity index (χ3n) is 3.33. The quantitative estimate of drug-likeness (QED) is 0.650. The molecule has 0 fully saturated rings. The van der Waals surface area contributed by atoms with Gasteiger partial charge in [0.15, 0.2) is 5.76 Å². The highest BCUT2D eigenvalue weighted by Gasteiger charge is 2.14. The van der Waals surface area contributed by atoms with E-state index in [-0.39, 0.29) is 11.7 Å². The van der Waals surface area contributed by atoms with Crippen molar-refractivity contribution < 1.29 is 9.21 Å². The van der Waals surface area contributed by atoms with Crippen LogP contribution in [-0.4, -0.2) is 5.91 Å². The highest BCUT2D eigenvalue weighted by atomic mass is 35.5. The third-order valence-corrected chi connectivity index (χ3v) is 3.90. The van der Waals surface area contributed by atoms with Crippen LogP contribution in [0.1, 0.15) is 16.1 Å². The number of furan rings is 1. The minimum atomic E-state index is -0.321. The van der Waals surface area contributed by atoms with Crippen molar-refractivity contribution in [3.05, 3.63) is 76.0 Å². The normalized spacial score (nSPS) is 10.6. The topological polar surface area (TPSA) is 42.2 Å². The second-order valence-electron chi connectivity index (χ2n) is 5.11. The highest BCUT2D eigenvalue weighted by Crippen LogP contribution is 2.31. The van der Waals surface area contributed by atoms with Gasteiger partial charge in [0.05, 0.1) is 5.02 Å². The first-order chi connectivity index (χ1) is 11.0. The fraction of sp³-hybridized carbons (Fsp3) is 0.0556. The number of nitrogens with one attached hydrogen (secondary N) is 1. The third kappa shape index (κ3) is 3.58. The van der Waals surface area contributed by atoms with Gasteiger partial charge in [0.1, 0.15) is 5.76 Å². The van der Waals surface area contributed by atoms with Crippen LogP contribution in [0.4, 0.5) is 5.69 Å². The standard InChI is InChI=1S/C18H13Cl2NO2/c1-11-2-5-13(6-3-11)21-18(22)17-9-8-16(23-17)14-10-12(19)4-7-15(14)20/h2-10H,1H3,(H,21,22). The van der Waals surface area contributed by atoms with E-state index in [2.05, 4.69) is 5.32 Å². The molecule has 0 saturated carbocycles. The summed E-state index contributed by atoms with van der Waals surface area (Å²) < 4.78 is 5.61. The zero-order valence-electron chi connectivity index (χ0n) is 12.3. The molecule has 0 unspecified atom stereocenters. The van der Waals surface area contributed by atoms with Gasteiger partial charge in [-0.05, 0) is 49.4 Å². The second-order valence-corrected chi connectivity index (χ2v) is 5.95. The molecule has 0 spiro atoms. The lowest BCUT2D eigenvalue weighted by molar-refractivity contribution is 0.0997. The van der Waals surface area contributed by atoms with E-state index in [1.54, 1.807) is 30.3 Å². The lowest BCUT2D eigenvalue weighted by Gasteiger charge is -2.04. The summed E-state index contributed by atoms with van der Waals surface area (Å²) in [6.07, 6.45) is 0. The first-order valence-electron chi connectivity index (χ1n) is 6.96. The monoisotopic (exact) mass is 345 g/mol. The molecular formula is C18H13Cl2NO2. The van der Waals surface area contributed by atoms with Crippen LogP contribution in [0.5, 0.6) is 0 Å². The van der Waals surface area contributed by atoms with Crippen molar-refractivity contribution in [1.29, 1.82) is 0 Å². The summed E-state index contributed by atoms with van der Waals surface area (Å²) in [6.45, 7) is 1.99. The molecule has 0 saturated heterocycles. The first kappa shape index (κ1) is 15.7. The molecule has 1 amide bonds. The Morgan fingerprint density at radius 3 is 2.48 bits per heavy atom. The van der Waals surface area contributed by atoms with Gasteiger partial charge in [0, 0.05) is 16.3 Å². The van der Waals surface area contributed by atoms with Gasteiger partial charge in [0.2, 0.25) is 0 Å². The molecule has 116 valence electrons. The maximum Gasteiger partial charge on any atom is 0.291 e. The molecule has 0 atom stereocenters. The zero-order valence-corrected chi connectivity index (χ0v) is 13.8. The number of carbonyl (C=O) groups is 1. The van der Waals surface area contributed by atoms with Crippen LogP contribution in [-0.2, 0) is 0 Å². The zero-order chi connectivity index (χ0) is 16.4. The van der Waals surface area contributed by atoms with Gasteiger partial charge in [-0.3, -0.25) is 4.79 Å².